The van der Waals surface area contributed by atoms with Gasteiger partial charge in [-0.05, 0) is 129 Å². The van der Waals surface area contributed by atoms with Crippen molar-refractivity contribution in [2.75, 3.05) is 0 Å². The molecule has 0 atom stereocenters. The highest BCUT2D eigenvalue weighted by Crippen LogP contribution is 2.39. The molecule has 2 fully saturated rings. The molecule has 61 heavy (non-hydrogen) atoms. The first kappa shape index (κ1) is 43.0. The molecule has 0 N–H and O–H groups in total. The van der Waals surface area contributed by atoms with Crippen molar-refractivity contribution in [3.63, 3.8) is 0 Å². The zero-order valence-electron chi connectivity index (χ0n) is 36.9. The maximum Gasteiger partial charge on any atom is 0.640 e. The van der Waals surface area contributed by atoms with Crippen LogP contribution in [-0.2, 0) is 23.3 Å². The number of hydrogen-bond acceptors (Lipinski definition) is 5. The predicted molar refractivity (Wildman–Crippen MR) is 257 cm³/mol. The number of benzene rings is 6. The Hall–Kier alpha value is -4.67. The minimum Gasteiger partial charge on any atom is -0.399 e. The summed E-state index contributed by atoms with van der Waals surface area (Å²) in [6.45, 7) is 20.3. The van der Waals surface area contributed by atoms with Crippen LogP contribution in [-0.4, -0.2) is 52.1 Å². The molecule has 10 heteroatoms. The molecule has 0 radical (unpaired) electrons. The van der Waals surface area contributed by atoms with Crippen molar-refractivity contribution in [2.24, 2.45) is 0 Å². The molecule has 8 aromatic rings. The van der Waals surface area contributed by atoms with Crippen molar-refractivity contribution in [1.29, 1.82) is 0 Å². The lowest BCUT2D eigenvalue weighted by Crippen LogP contribution is -2.41. The molecule has 0 saturated carbocycles. The van der Waals surface area contributed by atoms with Crippen LogP contribution in [0.4, 0.5) is 0 Å². The number of para-hydroxylation sites is 4. The lowest BCUT2D eigenvalue weighted by atomic mass is 9.79. The van der Waals surface area contributed by atoms with Crippen LogP contribution >= 0.6 is 15.9 Å². The Balaban J connectivity index is 0.000000136. The van der Waals surface area contributed by atoms with Gasteiger partial charge in [-0.2, -0.15) is 0 Å². The van der Waals surface area contributed by atoms with Gasteiger partial charge in [-0.3, -0.25) is 0 Å². The van der Waals surface area contributed by atoms with Crippen LogP contribution in [0.15, 0.2) is 150 Å². The zero-order valence-corrected chi connectivity index (χ0v) is 38.5. The van der Waals surface area contributed by atoms with E-state index in [2.05, 4.69) is 198 Å². The third-order valence-electron chi connectivity index (χ3n) is 12.5. The number of nitrogens with zero attached hydrogens (tertiary/aromatic N) is 2. The lowest BCUT2D eigenvalue weighted by molar-refractivity contribution is 0.00578. The first-order valence-corrected chi connectivity index (χ1v) is 21.9. The smallest absolute Gasteiger partial charge is 0.399 e. The van der Waals surface area contributed by atoms with E-state index in [-0.39, 0.29) is 35.6 Å². The molecule has 7 nitrogen and oxygen atoms in total. The molecule has 2 aliphatic heterocycles. The molecule has 4 heterocycles. The highest BCUT2D eigenvalue weighted by Gasteiger charge is 2.53. The second kappa shape index (κ2) is 16.6. The van der Waals surface area contributed by atoms with Crippen LogP contribution < -0.4 is 5.46 Å². The van der Waals surface area contributed by atoms with E-state index < -0.39 is 7.32 Å². The maximum atomic E-state index is 6.27. The van der Waals surface area contributed by atoms with Crippen LogP contribution in [0.2, 0.25) is 0 Å². The quantitative estimate of drug-likeness (QED) is 0.161. The number of aromatic nitrogens is 2. The Morgan fingerprint density at radius 3 is 1.21 bits per heavy atom. The van der Waals surface area contributed by atoms with Crippen molar-refractivity contribution < 1.29 is 23.3 Å². The average Bonchev–Trinajstić information content (AvgIpc) is 3.87. The Labute approximate surface area is 369 Å². The van der Waals surface area contributed by atoms with E-state index in [9.17, 15) is 0 Å². The van der Waals surface area contributed by atoms with Gasteiger partial charge in [0.2, 0.25) is 0 Å². The Morgan fingerprint density at radius 2 is 0.820 bits per heavy atom. The summed E-state index contributed by atoms with van der Waals surface area (Å²) in [4.78, 5) is 0. The summed E-state index contributed by atoms with van der Waals surface area (Å²) in [7, 11) is -0.886. The van der Waals surface area contributed by atoms with Gasteiger partial charge in [0, 0.05) is 43.5 Å². The van der Waals surface area contributed by atoms with Crippen LogP contribution in [0.25, 0.3) is 55.0 Å². The summed E-state index contributed by atoms with van der Waals surface area (Å²) >= 11 is 3.56. The summed E-state index contributed by atoms with van der Waals surface area (Å²) in [6, 6.07) is 51.1. The van der Waals surface area contributed by atoms with Crippen molar-refractivity contribution >= 4 is 79.4 Å². The van der Waals surface area contributed by atoms with Gasteiger partial charge in [0.15, 0.2) is 0 Å². The molecule has 312 valence electrons. The van der Waals surface area contributed by atoms with E-state index in [1.54, 1.807) is 0 Å². The standard InChI is InChI=1S/C24H24BNO2.C18H12BrN.C9H19BO3/c1-23(2)24(3,4)28-25(27-23)17-10-9-11-18(16-17)26-21-14-7-5-12-19(21)20-13-6-8-15-22(20)26;19-13-6-5-7-14(12-13)20-17-10-3-1-8-15(17)16-9-2-4-11-18(16)20;1-7(2)11-10-12-8(3,4)9(5,6)13-10/h5-16H,1-4H3;1-12H;7H,1-6H3. The third-order valence-corrected chi connectivity index (χ3v) is 13.0. The number of fused-ring (bicyclic) bond motifs is 6. The number of halogens is 1. The molecule has 0 unspecified atom stereocenters. The highest BCUT2D eigenvalue weighted by molar-refractivity contribution is 9.10. The fraction of sp³-hybridized carbons (Fsp3) is 0.294. The third kappa shape index (κ3) is 8.34. The Morgan fingerprint density at radius 1 is 0.459 bits per heavy atom. The van der Waals surface area contributed by atoms with Gasteiger partial charge < -0.3 is 32.4 Å². The first-order chi connectivity index (χ1) is 29.0. The molecule has 0 spiro atoms. The van der Waals surface area contributed by atoms with Crippen molar-refractivity contribution in [1.82, 2.24) is 9.13 Å². The van der Waals surface area contributed by atoms with Crippen molar-refractivity contribution in [2.45, 2.75) is 97.7 Å². The second-order valence-corrected chi connectivity index (χ2v) is 19.0. The van der Waals surface area contributed by atoms with Crippen LogP contribution in [0, 0.1) is 0 Å². The molecular weight excluding hydrogens is 822 g/mol. The minimum atomic E-state index is -0.523. The van der Waals surface area contributed by atoms with Gasteiger partial charge in [0.1, 0.15) is 0 Å². The molecule has 0 aliphatic carbocycles. The lowest BCUT2D eigenvalue weighted by Gasteiger charge is -2.32. The van der Waals surface area contributed by atoms with Gasteiger partial charge in [-0.15, -0.1) is 0 Å². The SMILES string of the molecule is Brc1cccc(-n2c3ccccc3c3ccccc32)c1.CC(C)OB1OC(C)(C)C(C)(C)O1.CC1(C)OB(c2cccc(-n3c4ccccc4c4ccccc43)c2)OC1(C)C. The topological polar surface area (TPSA) is 56.0 Å². The van der Waals surface area contributed by atoms with E-state index in [4.69, 9.17) is 23.3 Å². The fourth-order valence-electron chi connectivity index (χ4n) is 7.87. The van der Waals surface area contributed by atoms with E-state index in [0.29, 0.717) is 0 Å². The minimum absolute atomic E-state index is 0.120. The van der Waals surface area contributed by atoms with Crippen molar-refractivity contribution in [3.05, 3.63) is 150 Å². The van der Waals surface area contributed by atoms with E-state index in [0.717, 1.165) is 15.6 Å². The van der Waals surface area contributed by atoms with Gasteiger partial charge in [0.25, 0.3) is 0 Å². The van der Waals surface area contributed by atoms with E-state index >= 15 is 0 Å². The van der Waals surface area contributed by atoms with Gasteiger partial charge in [-0.25, -0.2) is 0 Å². The average molecular weight is 878 g/mol. The Kier molecular flexibility index (Phi) is 11.7. The van der Waals surface area contributed by atoms with Crippen LogP contribution in [0.3, 0.4) is 0 Å². The van der Waals surface area contributed by atoms with Crippen molar-refractivity contribution in [3.8, 4) is 11.4 Å². The predicted octanol–water partition coefficient (Wildman–Crippen LogP) is 12.6. The largest absolute Gasteiger partial charge is 0.640 e. The van der Waals surface area contributed by atoms with E-state index in [1.165, 1.54) is 49.3 Å². The summed E-state index contributed by atoms with van der Waals surface area (Å²) in [5.41, 5.74) is 6.93. The summed E-state index contributed by atoms with van der Waals surface area (Å²) in [6.07, 6.45) is 0.120. The van der Waals surface area contributed by atoms with Gasteiger partial charge >= 0.3 is 14.4 Å². The fourth-order valence-corrected chi connectivity index (χ4v) is 8.26. The summed E-state index contributed by atoms with van der Waals surface area (Å²) in [5.74, 6) is 0. The van der Waals surface area contributed by atoms with E-state index in [1.807, 2.05) is 41.5 Å². The maximum absolute atomic E-state index is 6.27. The molecule has 2 aliphatic rings. The first-order valence-electron chi connectivity index (χ1n) is 21.2. The second-order valence-electron chi connectivity index (χ2n) is 18.1. The monoisotopic (exact) mass is 876 g/mol. The molecule has 0 amide bonds. The zero-order chi connectivity index (χ0) is 43.3. The van der Waals surface area contributed by atoms with Gasteiger partial charge in [0.05, 0.1) is 44.5 Å². The number of hydrogen-bond donors (Lipinski definition) is 0. The van der Waals surface area contributed by atoms with Crippen LogP contribution in [0.5, 0.6) is 0 Å². The molecule has 10 rings (SSSR count). The molecule has 2 saturated heterocycles. The van der Waals surface area contributed by atoms with Gasteiger partial charge in [-0.1, -0.05) is 107 Å². The summed E-state index contributed by atoms with van der Waals surface area (Å²) < 4.78 is 35.0. The normalized spacial score (nSPS) is 17.5. The summed E-state index contributed by atoms with van der Waals surface area (Å²) in [5, 5.41) is 5.12. The highest BCUT2D eigenvalue weighted by atomic mass is 79.9. The van der Waals surface area contributed by atoms with Crippen LogP contribution in [0.1, 0.15) is 69.2 Å². The number of rotatable bonds is 5. The Bertz CT molecular complexity index is 2710. The molecular formula is C51H55B2BrN2O5. The molecule has 0 bridgehead atoms. The molecule has 2 aromatic heterocycles. The molecule has 6 aromatic carbocycles.